The Morgan fingerprint density at radius 2 is 2.03 bits per heavy atom. The number of carbonyl (C=O) groups is 1. The lowest BCUT2D eigenvalue weighted by molar-refractivity contribution is -0.111. The lowest BCUT2D eigenvalue weighted by atomic mass is 10.1. The Hall–Kier alpha value is -2.68. The Labute approximate surface area is 208 Å². The van der Waals surface area contributed by atoms with Gasteiger partial charge in [0.2, 0.25) is 5.91 Å². The van der Waals surface area contributed by atoms with E-state index in [2.05, 4.69) is 25.5 Å². The summed E-state index contributed by atoms with van der Waals surface area (Å²) in [5.41, 5.74) is 2.01. The van der Waals surface area contributed by atoms with Gasteiger partial charge in [-0.3, -0.25) is 4.79 Å². The highest BCUT2D eigenvalue weighted by molar-refractivity contribution is 7.98. The highest BCUT2D eigenvalue weighted by Crippen LogP contribution is 2.33. The van der Waals surface area contributed by atoms with Gasteiger partial charge in [0.25, 0.3) is 0 Å². The average molecular weight is 500 g/mol. The summed E-state index contributed by atoms with van der Waals surface area (Å²) < 4.78 is 13.5. The van der Waals surface area contributed by atoms with Crippen molar-refractivity contribution in [3.05, 3.63) is 59.7 Å². The van der Waals surface area contributed by atoms with Gasteiger partial charge in [0.1, 0.15) is 18.0 Å². The zero-order chi connectivity index (χ0) is 23.9. The van der Waals surface area contributed by atoms with E-state index in [0.29, 0.717) is 17.2 Å². The van der Waals surface area contributed by atoms with E-state index in [-0.39, 0.29) is 10.9 Å². The molecule has 0 saturated carbocycles. The number of fused-ring (bicyclic) bond motifs is 1. The third-order valence-corrected chi connectivity index (χ3v) is 6.79. The molecular formula is C25H27ClFN5OS. The van der Waals surface area contributed by atoms with Gasteiger partial charge in [-0.2, -0.15) is 0 Å². The van der Waals surface area contributed by atoms with Crippen molar-refractivity contribution in [2.24, 2.45) is 0 Å². The molecule has 9 heteroatoms. The Kier molecular flexibility index (Phi) is 8.37. The van der Waals surface area contributed by atoms with Crippen LogP contribution in [-0.4, -0.2) is 46.7 Å². The van der Waals surface area contributed by atoms with Crippen LogP contribution >= 0.6 is 23.4 Å². The molecule has 2 N–H and O–H groups in total. The highest BCUT2D eigenvalue weighted by atomic mass is 35.5. The first-order valence-electron chi connectivity index (χ1n) is 11.3. The summed E-state index contributed by atoms with van der Waals surface area (Å²) in [6, 6.07) is 8.15. The van der Waals surface area contributed by atoms with Gasteiger partial charge >= 0.3 is 0 Å². The van der Waals surface area contributed by atoms with Crippen LogP contribution in [0.4, 0.5) is 21.6 Å². The molecule has 34 heavy (non-hydrogen) atoms. The lowest BCUT2D eigenvalue weighted by Crippen LogP contribution is -2.30. The molecule has 6 nitrogen and oxygen atoms in total. The topological polar surface area (TPSA) is 70.1 Å². The summed E-state index contributed by atoms with van der Waals surface area (Å²) in [4.78, 5) is 24.6. The number of likely N-dealkylation sites (tertiary alicyclic amines) is 1. The first-order chi connectivity index (χ1) is 16.5. The van der Waals surface area contributed by atoms with Crippen molar-refractivity contribution in [3.63, 3.8) is 0 Å². The molecule has 0 atom stereocenters. The number of nitrogens with zero attached hydrogens (tertiary/aromatic N) is 3. The van der Waals surface area contributed by atoms with Crippen LogP contribution in [0.25, 0.3) is 10.9 Å². The van der Waals surface area contributed by atoms with E-state index in [1.165, 1.54) is 49.5 Å². The normalized spacial score (nSPS) is 14.6. The average Bonchev–Trinajstić information content (AvgIpc) is 2.85. The van der Waals surface area contributed by atoms with Gasteiger partial charge < -0.3 is 15.5 Å². The van der Waals surface area contributed by atoms with Crippen molar-refractivity contribution in [1.29, 1.82) is 0 Å². The summed E-state index contributed by atoms with van der Waals surface area (Å²) in [7, 11) is 0. The molecule has 1 saturated heterocycles. The molecule has 1 amide bonds. The number of rotatable bonds is 8. The maximum absolute atomic E-state index is 13.5. The fraction of sp³-hybridized carbons (Fsp3) is 0.320. The molecule has 178 valence electrons. The lowest BCUT2D eigenvalue weighted by Gasteiger charge is -2.25. The number of amides is 1. The van der Waals surface area contributed by atoms with Crippen LogP contribution in [0.15, 0.2) is 53.7 Å². The zero-order valence-electron chi connectivity index (χ0n) is 19.0. The number of piperidine rings is 1. The van der Waals surface area contributed by atoms with Crippen molar-refractivity contribution in [2.45, 2.75) is 30.6 Å². The van der Waals surface area contributed by atoms with Gasteiger partial charge in [0.05, 0.1) is 16.2 Å². The van der Waals surface area contributed by atoms with Gasteiger partial charge in [-0.05, 0) is 75.0 Å². The summed E-state index contributed by atoms with van der Waals surface area (Å²) in [5.74, 6) is -0.128. The van der Waals surface area contributed by atoms with Gasteiger partial charge in [-0.1, -0.05) is 24.1 Å². The number of anilines is 3. The number of benzene rings is 2. The SMILES string of the molecule is CSc1cc2ncnc(Nc3ccc(F)c(Cl)c3)c2cc1NC(=O)/C=C/CCN1CCCCC1. The maximum Gasteiger partial charge on any atom is 0.248 e. The van der Waals surface area contributed by atoms with Crippen molar-refractivity contribution in [2.75, 3.05) is 36.5 Å². The quantitative estimate of drug-likeness (QED) is 0.281. The molecule has 0 aliphatic carbocycles. The Morgan fingerprint density at radius 1 is 1.21 bits per heavy atom. The van der Waals surface area contributed by atoms with Crippen LogP contribution in [0.3, 0.4) is 0 Å². The summed E-state index contributed by atoms with van der Waals surface area (Å²) in [6.45, 7) is 3.28. The van der Waals surface area contributed by atoms with Crippen molar-refractivity contribution < 1.29 is 9.18 Å². The maximum atomic E-state index is 13.5. The Bertz CT molecular complexity index is 1200. The van der Waals surface area contributed by atoms with Crippen LogP contribution in [0, 0.1) is 5.82 Å². The van der Waals surface area contributed by atoms with Crippen LogP contribution < -0.4 is 10.6 Å². The van der Waals surface area contributed by atoms with E-state index < -0.39 is 5.82 Å². The van der Waals surface area contributed by atoms with Gasteiger partial charge in [-0.15, -0.1) is 11.8 Å². The van der Waals surface area contributed by atoms with Gasteiger partial charge in [0.15, 0.2) is 0 Å². The van der Waals surface area contributed by atoms with E-state index in [0.717, 1.165) is 41.9 Å². The third kappa shape index (κ3) is 6.25. The number of carbonyl (C=O) groups excluding carboxylic acids is 1. The number of hydrogen-bond acceptors (Lipinski definition) is 6. The van der Waals surface area contributed by atoms with E-state index in [1.54, 1.807) is 12.1 Å². The molecule has 1 aromatic heterocycles. The molecule has 0 bridgehead atoms. The van der Waals surface area contributed by atoms with Crippen molar-refractivity contribution in [3.8, 4) is 0 Å². The minimum absolute atomic E-state index is 0.0213. The molecule has 3 aromatic rings. The van der Waals surface area contributed by atoms with E-state index >= 15 is 0 Å². The van der Waals surface area contributed by atoms with Gasteiger partial charge in [-0.25, -0.2) is 14.4 Å². The first-order valence-corrected chi connectivity index (χ1v) is 12.9. The largest absolute Gasteiger partial charge is 0.340 e. The fourth-order valence-corrected chi connectivity index (χ4v) is 4.71. The summed E-state index contributed by atoms with van der Waals surface area (Å²) in [5, 5.41) is 6.90. The monoisotopic (exact) mass is 499 g/mol. The number of aromatic nitrogens is 2. The molecule has 0 radical (unpaired) electrons. The number of thioether (sulfide) groups is 1. The van der Waals surface area contributed by atoms with Crippen LogP contribution in [0.5, 0.6) is 0 Å². The predicted octanol–water partition coefficient (Wildman–Crippen LogP) is 6.26. The van der Waals surface area contributed by atoms with Crippen LogP contribution in [-0.2, 0) is 4.79 Å². The smallest absolute Gasteiger partial charge is 0.248 e. The number of halogens is 2. The molecule has 4 rings (SSSR count). The van der Waals surface area contributed by atoms with Crippen molar-refractivity contribution >= 4 is 57.4 Å². The minimum atomic E-state index is -0.488. The zero-order valence-corrected chi connectivity index (χ0v) is 20.6. The standard InChI is InChI=1S/C25H27ClFN5OS/c1-34-23-15-21-18(25(29-16-28-21)30-17-8-9-20(27)19(26)13-17)14-22(23)31-24(33)7-3-6-12-32-10-4-2-5-11-32/h3,7-9,13-16H,2,4-6,10-12H2,1H3,(H,31,33)(H,28,29,30)/b7-3+. The second-order valence-electron chi connectivity index (χ2n) is 8.13. The second-order valence-corrected chi connectivity index (χ2v) is 9.38. The molecule has 0 spiro atoms. The van der Waals surface area contributed by atoms with E-state index in [1.807, 2.05) is 24.5 Å². The van der Waals surface area contributed by atoms with Crippen molar-refractivity contribution in [1.82, 2.24) is 14.9 Å². The molecule has 2 aromatic carbocycles. The second kappa shape index (κ2) is 11.6. The Balaban J connectivity index is 1.49. The molecule has 0 unspecified atom stereocenters. The predicted molar refractivity (Wildman–Crippen MR) is 139 cm³/mol. The third-order valence-electron chi connectivity index (χ3n) is 5.73. The highest BCUT2D eigenvalue weighted by Gasteiger charge is 2.12. The Morgan fingerprint density at radius 3 is 2.79 bits per heavy atom. The molecule has 1 aliphatic heterocycles. The van der Waals surface area contributed by atoms with E-state index in [9.17, 15) is 9.18 Å². The molecule has 2 heterocycles. The summed E-state index contributed by atoms with van der Waals surface area (Å²) in [6.07, 6.45) is 11.6. The van der Waals surface area contributed by atoms with Gasteiger partial charge in [0, 0.05) is 22.5 Å². The van der Waals surface area contributed by atoms with E-state index in [4.69, 9.17) is 11.6 Å². The minimum Gasteiger partial charge on any atom is -0.340 e. The summed E-state index contributed by atoms with van der Waals surface area (Å²) >= 11 is 7.44. The number of nitrogens with one attached hydrogen (secondary N) is 2. The first kappa shape index (κ1) is 24.4. The fourth-order valence-electron chi connectivity index (χ4n) is 3.97. The molecule has 1 aliphatic rings. The molecule has 1 fully saturated rings. The number of hydrogen-bond donors (Lipinski definition) is 2. The van der Waals surface area contributed by atoms with Crippen LogP contribution in [0.2, 0.25) is 5.02 Å². The molecular weight excluding hydrogens is 473 g/mol. The van der Waals surface area contributed by atoms with Crippen LogP contribution in [0.1, 0.15) is 25.7 Å².